The summed E-state index contributed by atoms with van der Waals surface area (Å²) in [5, 5.41) is 0. The van der Waals surface area contributed by atoms with Gasteiger partial charge in [-0.1, -0.05) is 25.0 Å². The normalized spacial score (nSPS) is 19.5. The second kappa shape index (κ2) is 7.29. The van der Waals surface area contributed by atoms with E-state index in [2.05, 4.69) is 6.92 Å². The molecule has 110 valence electrons. The molecule has 1 aliphatic heterocycles. The van der Waals surface area contributed by atoms with Crippen LogP contribution in [0.1, 0.15) is 38.2 Å². The number of hydrogen-bond donors (Lipinski definition) is 1. The minimum absolute atomic E-state index is 0.0855. The first-order valence-electron chi connectivity index (χ1n) is 7.42. The number of likely N-dealkylation sites (tertiary alicyclic amines) is 1. The molecule has 1 atom stereocenters. The summed E-state index contributed by atoms with van der Waals surface area (Å²) in [5.41, 5.74) is 6.61. The van der Waals surface area contributed by atoms with Crippen molar-refractivity contribution in [2.75, 3.05) is 13.2 Å². The molecule has 1 amide bonds. The summed E-state index contributed by atoms with van der Waals surface area (Å²) in [4.78, 5) is 14.2. The Bertz CT molecular complexity index is 431. The fourth-order valence-electron chi connectivity index (χ4n) is 2.60. The van der Waals surface area contributed by atoms with Crippen LogP contribution in [0, 0.1) is 0 Å². The van der Waals surface area contributed by atoms with E-state index in [1.807, 2.05) is 29.2 Å². The molecule has 1 fully saturated rings. The monoisotopic (exact) mass is 276 g/mol. The van der Waals surface area contributed by atoms with Crippen LogP contribution in [0.5, 0.6) is 5.75 Å². The van der Waals surface area contributed by atoms with Gasteiger partial charge in [-0.05, 0) is 37.5 Å². The highest BCUT2D eigenvalue weighted by atomic mass is 16.5. The molecule has 0 aromatic heterocycles. The van der Waals surface area contributed by atoms with Crippen LogP contribution in [0.3, 0.4) is 0 Å². The highest BCUT2D eigenvalue weighted by molar-refractivity contribution is 5.78. The van der Waals surface area contributed by atoms with E-state index in [1.54, 1.807) is 0 Å². The fraction of sp³-hybridized carbons (Fsp3) is 0.562. The van der Waals surface area contributed by atoms with Crippen molar-refractivity contribution in [3.05, 3.63) is 29.8 Å². The number of amides is 1. The Labute approximate surface area is 120 Å². The van der Waals surface area contributed by atoms with E-state index < -0.39 is 0 Å². The zero-order valence-corrected chi connectivity index (χ0v) is 12.2. The Morgan fingerprint density at radius 3 is 2.75 bits per heavy atom. The van der Waals surface area contributed by atoms with Crippen molar-refractivity contribution in [2.45, 2.75) is 45.2 Å². The third kappa shape index (κ3) is 3.97. The van der Waals surface area contributed by atoms with Crippen LogP contribution < -0.4 is 10.5 Å². The number of nitrogens with zero attached hydrogens (tertiary/aromatic N) is 1. The molecule has 1 aliphatic rings. The lowest BCUT2D eigenvalue weighted by Crippen LogP contribution is -2.41. The van der Waals surface area contributed by atoms with Crippen molar-refractivity contribution >= 4 is 5.91 Å². The van der Waals surface area contributed by atoms with E-state index in [4.69, 9.17) is 10.5 Å². The fourth-order valence-corrected chi connectivity index (χ4v) is 2.60. The highest BCUT2D eigenvalue weighted by Crippen LogP contribution is 2.17. The smallest absolute Gasteiger partial charge is 0.260 e. The molecule has 20 heavy (non-hydrogen) atoms. The molecule has 1 heterocycles. The van der Waals surface area contributed by atoms with Gasteiger partial charge in [0, 0.05) is 19.1 Å². The molecule has 0 spiro atoms. The molecule has 0 bridgehead atoms. The summed E-state index contributed by atoms with van der Waals surface area (Å²) in [7, 11) is 0. The second-order valence-corrected chi connectivity index (χ2v) is 5.42. The largest absolute Gasteiger partial charge is 0.484 e. The standard InChI is InChI=1S/C16H24N2O2/c1-13-5-3-2-4-10-18(13)16(19)12-20-15-8-6-14(11-17)7-9-15/h6-9,13H,2-5,10-12,17H2,1H3. The lowest BCUT2D eigenvalue weighted by Gasteiger charge is -2.27. The second-order valence-electron chi connectivity index (χ2n) is 5.42. The molecule has 1 aromatic rings. The van der Waals surface area contributed by atoms with E-state index in [-0.39, 0.29) is 12.5 Å². The summed E-state index contributed by atoms with van der Waals surface area (Å²) in [6, 6.07) is 7.90. The van der Waals surface area contributed by atoms with Gasteiger partial charge in [-0.15, -0.1) is 0 Å². The Balaban J connectivity index is 1.86. The topological polar surface area (TPSA) is 55.6 Å². The Kier molecular flexibility index (Phi) is 5.41. The van der Waals surface area contributed by atoms with Crippen LogP contribution in [-0.4, -0.2) is 30.0 Å². The van der Waals surface area contributed by atoms with Gasteiger partial charge in [-0.2, -0.15) is 0 Å². The molecule has 4 nitrogen and oxygen atoms in total. The summed E-state index contributed by atoms with van der Waals surface area (Å²) in [6.07, 6.45) is 4.63. The van der Waals surface area contributed by atoms with Gasteiger partial charge in [-0.3, -0.25) is 4.79 Å². The van der Waals surface area contributed by atoms with Crippen LogP contribution in [0.4, 0.5) is 0 Å². The lowest BCUT2D eigenvalue weighted by molar-refractivity contribution is -0.135. The number of carbonyl (C=O) groups excluding carboxylic acids is 1. The molecule has 4 heteroatoms. The van der Waals surface area contributed by atoms with Crippen LogP contribution in [0.2, 0.25) is 0 Å². The maximum absolute atomic E-state index is 12.2. The molecule has 1 unspecified atom stereocenters. The molecule has 2 rings (SSSR count). The summed E-state index contributed by atoms with van der Waals surface area (Å²) in [5.74, 6) is 0.806. The summed E-state index contributed by atoms with van der Waals surface area (Å²) >= 11 is 0. The molecule has 0 radical (unpaired) electrons. The first-order valence-corrected chi connectivity index (χ1v) is 7.42. The Hall–Kier alpha value is -1.55. The Morgan fingerprint density at radius 1 is 1.30 bits per heavy atom. The number of benzene rings is 1. The molecule has 0 aliphatic carbocycles. The van der Waals surface area contributed by atoms with Gasteiger partial charge in [0.25, 0.3) is 5.91 Å². The molecular weight excluding hydrogens is 252 g/mol. The van der Waals surface area contributed by atoms with E-state index in [0.717, 1.165) is 30.7 Å². The number of rotatable bonds is 4. The third-order valence-electron chi connectivity index (χ3n) is 3.89. The van der Waals surface area contributed by atoms with E-state index in [9.17, 15) is 4.79 Å². The number of ether oxygens (including phenoxy) is 1. The molecule has 2 N–H and O–H groups in total. The van der Waals surface area contributed by atoms with Crippen molar-refractivity contribution in [2.24, 2.45) is 5.73 Å². The Morgan fingerprint density at radius 2 is 2.05 bits per heavy atom. The van der Waals surface area contributed by atoms with Gasteiger partial charge < -0.3 is 15.4 Å². The number of nitrogens with two attached hydrogens (primary N) is 1. The van der Waals surface area contributed by atoms with Gasteiger partial charge in [0.15, 0.2) is 6.61 Å². The van der Waals surface area contributed by atoms with E-state index in [1.165, 1.54) is 12.8 Å². The SMILES string of the molecule is CC1CCCCCN1C(=O)COc1ccc(CN)cc1. The summed E-state index contributed by atoms with van der Waals surface area (Å²) in [6.45, 7) is 3.62. The minimum Gasteiger partial charge on any atom is -0.484 e. The molecule has 1 aromatic carbocycles. The van der Waals surface area contributed by atoms with Gasteiger partial charge in [-0.25, -0.2) is 0 Å². The van der Waals surface area contributed by atoms with Crippen molar-refractivity contribution < 1.29 is 9.53 Å². The van der Waals surface area contributed by atoms with Crippen molar-refractivity contribution in [3.63, 3.8) is 0 Å². The zero-order chi connectivity index (χ0) is 14.4. The van der Waals surface area contributed by atoms with Gasteiger partial charge >= 0.3 is 0 Å². The number of carbonyl (C=O) groups is 1. The third-order valence-corrected chi connectivity index (χ3v) is 3.89. The van der Waals surface area contributed by atoms with Gasteiger partial charge in [0.05, 0.1) is 0 Å². The minimum atomic E-state index is 0.0855. The van der Waals surface area contributed by atoms with Crippen LogP contribution >= 0.6 is 0 Å². The number of hydrogen-bond acceptors (Lipinski definition) is 3. The molecule has 0 saturated carbocycles. The van der Waals surface area contributed by atoms with Gasteiger partial charge in [0.2, 0.25) is 0 Å². The van der Waals surface area contributed by atoms with Crippen molar-refractivity contribution in [1.82, 2.24) is 4.90 Å². The zero-order valence-electron chi connectivity index (χ0n) is 12.2. The predicted octanol–water partition coefficient (Wildman–Crippen LogP) is 2.32. The summed E-state index contributed by atoms with van der Waals surface area (Å²) < 4.78 is 5.58. The molecule has 1 saturated heterocycles. The van der Waals surface area contributed by atoms with E-state index >= 15 is 0 Å². The van der Waals surface area contributed by atoms with Crippen LogP contribution in [-0.2, 0) is 11.3 Å². The average Bonchev–Trinajstić information content (AvgIpc) is 2.70. The van der Waals surface area contributed by atoms with Crippen LogP contribution in [0.15, 0.2) is 24.3 Å². The quantitative estimate of drug-likeness (QED) is 0.918. The first-order chi connectivity index (χ1) is 9.70. The maximum atomic E-state index is 12.2. The van der Waals surface area contributed by atoms with E-state index in [0.29, 0.717) is 12.6 Å². The van der Waals surface area contributed by atoms with Crippen LogP contribution in [0.25, 0.3) is 0 Å². The maximum Gasteiger partial charge on any atom is 0.260 e. The van der Waals surface area contributed by atoms with Gasteiger partial charge in [0.1, 0.15) is 5.75 Å². The van der Waals surface area contributed by atoms with Crippen molar-refractivity contribution in [1.29, 1.82) is 0 Å². The predicted molar refractivity (Wildman–Crippen MR) is 79.5 cm³/mol. The van der Waals surface area contributed by atoms with Crippen molar-refractivity contribution in [3.8, 4) is 5.75 Å². The lowest BCUT2D eigenvalue weighted by atomic mass is 10.1. The average molecular weight is 276 g/mol. The first kappa shape index (κ1) is 14.9. The molecular formula is C16H24N2O2. The highest BCUT2D eigenvalue weighted by Gasteiger charge is 2.22.